The molecule has 1 aromatic carbocycles. The summed E-state index contributed by atoms with van der Waals surface area (Å²) in [5.74, 6) is -1.000. The fourth-order valence-corrected chi connectivity index (χ4v) is 1.79. The molecule has 1 rings (SSSR count). The minimum Gasteiger partial charge on any atom is -0.347 e. The maximum absolute atomic E-state index is 11.7. The van der Waals surface area contributed by atoms with Crippen LogP contribution >= 0.6 is 0 Å². The average molecular weight is 305 g/mol. The number of unbranched alkanes of at least 4 members (excludes halogenated alkanes) is 1. The van der Waals surface area contributed by atoms with Gasteiger partial charge in [0.15, 0.2) is 0 Å². The zero-order valence-electron chi connectivity index (χ0n) is 13.1. The van der Waals surface area contributed by atoms with Crippen LogP contribution in [0.5, 0.6) is 0 Å². The predicted octanol–water partition coefficient (Wildman–Crippen LogP) is 1.22. The summed E-state index contributed by atoms with van der Waals surface area (Å²) in [6, 6.07) is 7.67. The first-order valence-corrected chi connectivity index (χ1v) is 7.41. The highest BCUT2D eigenvalue weighted by Crippen LogP contribution is 2.11. The average Bonchev–Trinajstić information content (AvgIpc) is 2.50. The molecule has 1 aromatic rings. The Bertz CT molecular complexity index is 512. The van der Waals surface area contributed by atoms with Crippen LogP contribution in [0.4, 0.5) is 5.69 Å². The van der Waals surface area contributed by atoms with Crippen molar-refractivity contribution in [3.63, 3.8) is 0 Å². The Morgan fingerprint density at radius 2 is 1.59 bits per heavy atom. The van der Waals surface area contributed by atoms with Gasteiger partial charge in [-0.25, -0.2) is 0 Å². The van der Waals surface area contributed by atoms with Gasteiger partial charge >= 0.3 is 0 Å². The second-order valence-corrected chi connectivity index (χ2v) is 5.04. The van der Waals surface area contributed by atoms with E-state index in [4.69, 9.17) is 0 Å². The number of carbonyl (C=O) groups is 3. The van der Waals surface area contributed by atoms with E-state index in [2.05, 4.69) is 22.9 Å². The van der Waals surface area contributed by atoms with E-state index in [1.54, 1.807) is 0 Å². The molecule has 0 fully saturated rings. The monoisotopic (exact) mass is 305 g/mol. The van der Waals surface area contributed by atoms with Gasteiger partial charge in [0, 0.05) is 12.6 Å². The molecule has 6 heteroatoms. The molecule has 22 heavy (non-hydrogen) atoms. The van der Waals surface area contributed by atoms with Gasteiger partial charge in [-0.2, -0.15) is 0 Å². The van der Waals surface area contributed by atoms with E-state index in [-0.39, 0.29) is 24.9 Å². The third kappa shape index (κ3) is 7.42. The van der Waals surface area contributed by atoms with Crippen molar-refractivity contribution in [1.82, 2.24) is 10.6 Å². The second-order valence-electron chi connectivity index (χ2n) is 5.04. The minimum atomic E-state index is -0.403. The van der Waals surface area contributed by atoms with Gasteiger partial charge in [-0.15, -0.1) is 0 Å². The van der Waals surface area contributed by atoms with Gasteiger partial charge in [-0.1, -0.05) is 25.5 Å². The van der Waals surface area contributed by atoms with Gasteiger partial charge in [-0.05, 0) is 30.5 Å². The Kier molecular flexibility index (Phi) is 7.67. The molecular weight excluding hydrogens is 282 g/mol. The van der Waals surface area contributed by atoms with Crippen molar-refractivity contribution in [3.05, 3.63) is 29.8 Å². The molecule has 0 aromatic heterocycles. The van der Waals surface area contributed by atoms with Crippen molar-refractivity contribution >= 4 is 23.4 Å². The first-order chi connectivity index (χ1) is 10.5. The molecule has 0 aliphatic rings. The van der Waals surface area contributed by atoms with Gasteiger partial charge in [-0.3, -0.25) is 14.4 Å². The molecule has 3 N–H and O–H groups in total. The highest BCUT2D eigenvalue weighted by Gasteiger charge is 2.06. The molecule has 0 bridgehead atoms. The van der Waals surface area contributed by atoms with Crippen LogP contribution in [0.3, 0.4) is 0 Å². The summed E-state index contributed by atoms with van der Waals surface area (Å²) in [4.78, 5) is 33.7. The number of nitrogens with one attached hydrogen (secondary N) is 3. The molecule has 6 nitrogen and oxygen atoms in total. The maximum atomic E-state index is 11.7. The van der Waals surface area contributed by atoms with E-state index < -0.39 is 5.91 Å². The predicted molar refractivity (Wildman–Crippen MR) is 85.4 cm³/mol. The lowest BCUT2D eigenvalue weighted by atomic mass is 10.1. The molecule has 120 valence electrons. The first-order valence-electron chi connectivity index (χ1n) is 7.41. The van der Waals surface area contributed by atoms with Crippen molar-refractivity contribution in [1.29, 1.82) is 0 Å². The molecule has 0 spiro atoms. The second kappa shape index (κ2) is 9.55. The zero-order valence-corrected chi connectivity index (χ0v) is 13.1. The molecule has 0 heterocycles. The van der Waals surface area contributed by atoms with E-state index in [0.717, 1.165) is 19.3 Å². The molecule has 0 saturated carbocycles. The summed E-state index contributed by atoms with van der Waals surface area (Å²) in [5, 5.41) is 7.50. The van der Waals surface area contributed by atoms with Crippen LogP contribution in [0, 0.1) is 0 Å². The number of carbonyl (C=O) groups excluding carboxylic acids is 3. The molecule has 0 aliphatic carbocycles. The van der Waals surface area contributed by atoms with Crippen molar-refractivity contribution in [3.8, 4) is 0 Å². The Morgan fingerprint density at radius 1 is 0.955 bits per heavy atom. The number of amides is 3. The number of aryl methyl sites for hydroxylation is 1. The SMILES string of the molecule is CCCCc1ccc(NC(=O)CNC(=O)CNC(C)=O)cc1. The van der Waals surface area contributed by atoms with Crippen LogP contribution in [0.1, 0.15) is 32.3 Å². The smallest absolute Gasteiger partial charge is 0.243 e. The van der Waals surface area contributed by atoms with Crippen molar-refractivity contribution in [2.75, 3.05) is 18.4 Å². The van der Waals surface area contributed by atoms with Crippen molar-refractivity contribution in [2.24, 2.45) is 0 Å². The third-order valence-electron chi connectivity index (χ3n) is 3.00. The lowest BCUT2D eigenvalue weighted by molar-refractivity contribution is -0.126. The molecule has 0 unspecified atom stereocenters. The van der Waals surface area contributed by atoms with Crippen LogP contribution < -0.4 is 16.0 Å². The number of benzene rings is 1. The standard InChI is InChI=1S/C16H23N3O3/c1-3-4-5-13-6-8-14(9-7-13)19-16(22)11-18-15(21)10-17-12(2)20/h6-9H,3-5,10-11H2,1-2H3,(H,17,20)(H,18,21)(H,19,22). The number of hydrogen-bond acceptors (Lipinski definition) is 3. The number of rotatable bonds is 8. The lowest BCUT2D eigenvalue weighted by Crippen LogP contribution is -2.39. The van der Waals surface area contributed by atoms with Crippen molar-refractivity contribution < 1.29 is 14.4 Å². The van der Waals surface area contributed by atoms with Gasteiger partial charge in [0.25, 0.3) is 0 Å². The fourth-order valence-electron chi connectivity index (χ4n) is 1.79. The Balaban J connectivity index is 2.32. The van der Waals surface area contributed by atoms with Gasteiger partial charge in [0.2, 0.25) is 17.7 Å². The molecule has 0 saturated heterocycles. The topological polar surface area (TPSA) is 87.3 Å². The summed E-state index contributed by atoms with van der Waals surface area (Å²) >= 11 is 0. The van der Waals surface area contributed by atoms with Crippen LogP contribution in [-0.4, -0.2) is 30.8 Å². The summed E-state index contributed by atoms with van der Waals surface area (Å²) in [5.41, 5.74) is 1.94. The molecular formula is C16H23N3O3. The van der Waals surface area contributed by atoms with Crippen LogP contribution in [0.2, 0.25) is 0 Å². The lowest BCUT2D eigenvalue weighted by Gasteiger charge is -2.08. The van der Waals surface area contributed by atoms with Crippen LogP contribution in [-0.2, 0) is 20.8 Å². The minimum absolute atomic E-state index is 0.129. The van der Waals surface area contributed by atoms with E-state index >= 15 is 0 Å². The number of anilines is 1. The molecule has 0 atom stereocenters. The zero-order chi connectivity index (χ0) is 16.4. The Morgan fingerprint density at radius 3 is 2.18 bits per heavy atom. The van der Waals surface area contributed by atoms with E-state index in [0.29, 0.717) is 5.69 Å². The van der Waals surface area contributed by atoms with E-state index in [1.165, 1.54) is 12.5 Å². The van der Waals surface area contributed by atoms with E-state index in [9.17, 15) is 14.4 Å². The van der Waals surface area contributed by atoms with Crippen LogP contribution in [0.15, 0.2) is 24.3 Å². The van der Waals surface area contributed by atoms with Crippen LogP contribution in [0.25, 0.3) is 0 Å². The number of hydrogen-bond donors (Lipinski definition) is 3. The first kappa shape index (κ1) is 17.7. The van der Waals surface area contributed by atoms with Crippen molar-refractivity contribution in [2.45, 2.75) is 33.1 Å². The quantitative estimate of drug-likeness (QED) is 0.675. The van der Waals surface area contributed by atoms with Gasteiger partial charge in [0.05, 0.1) is 13.1 Å². The fraction of sp³-hybridized carbons (Fsp3) is 0.438. The molecule has 0 aliphatic heterocycles. The summed E-state index contributed by atoms with van der Waals surface area (Å²) in [6.45, 7) is 3.21. The largest absolute Gasteiger partial charge is 0.347 e. The highest BCUT2D eigenvalue weighted by atomic mass is 16.2. The summed E-state index contributed by atoms with van der Waals surface area (Å²) in [6.07, 6.45) is 3.33. The Hall–Kier alpha value is -2.37. The summed E-state index contributed by atoms with van der Waals surface area (Å²) < 4.78 is 0. The third-order valence-corrected chi connectivity index (χ3v) is 3.00. The van der Waals surface area contributed by atoms with E-state index in [1.807, 2.05) is 24.3 Å². The normalized spacial score (nSPS) is 9.91. The molecule has 0 radical (unpaired) electrons. The Labute approximate surface area is 130 Å². The maximum Gasteiger partial charge on any atom is 0.243 e. The molecule has 3 amide bonds. The summed E-state index contributed by atoms with van der Waals surface area (Å²) in [7, 11) is 0. The van der Waals surface area contributed by atoms with Gasteiger partial charge < -0.3 is 16.0 Å². The van der Waals surface area contributed by atoms with Gasteiger partial charge in [0.1, 0.15) is 0 Å². The highest BCUT2D eigenvalue weighted by molar-refractivity contribution is 5.95.